The number of likely N-dealkylation sites (N-methyl/N-ethyl adjacent to an activating group) is 1. The summed E-state index contributed by atoms with van der Waals surface area (Å²) in [5.74, 6) is -0.274. The van der Waals surface area contributed by atoms with Gasteiger partial charge in [-0.15, -0.1) is 11.3 Å². The molecule has 1 saturated carbocycles. The van der Waals surface area contributed by atoms with Gasteiger partial charge in [0.25, 0.3) is 5.91 Å². The van der Waals surface area contributed by atoms with E-state index in [1.807, 2.05) is 59.5 Å². The number of carbonyl (C=O) groups is 7. The Morgan fingerprint density at radius 1 is 0.787 bits per heavy atom. The number of imide groups is 1. The van der Waals surface area contributed by atoms with Gasteiger partial charge in [-0.2, -0.15) is 0 Å². The van der Waals surface area contributed by atoms with E-state index in [2.05, 4.69) is 36.1 Å². The Balaban J connectivity index is 0.607. The van der Waals surface area contributed by atoms with Gasteiger partial charge in [0.05, 0.1) is 32.6 Å². The van der Waals surface area contributed by atoms with E-state index in [1.165, 1.54) is 11.3 Å². The molecule has 0 bridgehead atoms. The first-order valence-corrected chi connectivity index (χ1v) is 29.3. The standard InChI is InChI=1S/C59H67ClN10O9S/c1-61-58(77)59(79-48-8-3-2-5-43(48)55-65-46-7-4-6-45(60)52(46)80-55)20-25-69(26-21-59)57(76)44-33-51(72)64-47-32-40(13-14-42(44)47)78-35-63-53(73)37-9-11-38(12-10-37)56(75)70-29-27-67(28-30-70)34-36-18-23-68(24-19-36)49-31-39(17-22-62-49)41-15-16-50(71)66-54(41)74/h2-8,13-14,17,22,31-32,36-38,41,44H,9-12,15-16,18-21,23-30,33-35H2,1H3,(H,61,77)(H,63,73)(H,64,72)(H,66,71,74)/t37?,38?,41?,44-/m0/s1. The molecule has 21 heteroatoms. The number of anilines is 2. The first-order valence-electron chi connectivity index (χ1n) is 28.1. The summed E-state index contributed by atoms with van der Waals surface area (Å²) in [6, 6.07) is 22.1. The van der Waals surface area contributed by atoms with Crippen molar-refractivity contribution in [2.45, 2.75) is 88.1 Å². The number of hydrogen-bond donors (Lipinski definition) is 4. The highest BCUT2D eigenvalue weighted by Gasteiger charge is 2.46. The zero-order chi connectivity index (χ0) is 55.5. The number of likely N-dealkylation sites (tertiary alicyclic amines) is 1. The molecule has 11 rings (SSSR count). The molecule has 7 heterocycles. The number of halogens is 1. The van der Waals surface area contributed by atoms with Gasteiger partial charge < -0.3 is 40.1 Å². The first-order chi connectivity index (χ1) is 38.8. The Morgan fingerprint density at radius 3 is 2.29 bits per heavy atom. The van der Waals surface area contributed by atoms with Crippen LogP contribution in [-0.4, -0.2) is 144 Å². The number of hydrogen-bond acceptors (Lipinski definition) is 14. The van der Waals surface area contributed by atoms with Crippen LogP contribution in [0.4, 0.5) is 11.5 Å². The van der Waals surface area contributed by atoms with Gasteiger partial charge >= 0.3 is 0 Å². The third kappa shape index (κ3) is 11.8. The fourth-order valence-corrected chi connectivity index (χ4v) is 13.8. The van der Waals surface area contributed by atoms with E-state index < -0.39 is 11.5 Å². The molecule has 420 valence electrons. The van der Waals surface area contributed by atoms with Gasteiger partial charge in [-0.25, -0.2) is 9.97 Å². The van der Waals surface area contributed by atoms with Crippen molar-refractivity contribution in [1.29, 1.82) is 0 Å². The molecule has 2 atom stereocenters. The second-order valence-corrected chi connectivity index (χ2v) is 23.4. The molecule has 6 aliphatic rings. The van der Waals surface area contributed by atoms with Crippen LogP contribution in [-0.2, 0) is 33.6 Å². The molecule has 4 N–H and O–H groups in total. The lowest BCUT2D eigenvalue weighted by Crippen LogP contribution is -2.58. The first kappa shape index (κ1) is 54.8. The predicted molar refractivity (Wildman–Crippen MR) is 302 cm³/mol. The highest BCUT2D eigenvalue weighted by Crippen LogP contribution is 2.42. The number of nitrogens with one attached hydrogen (secondary N) is 4. The van der Waals surface area contributed by atoms with Crippen LogP contribution in [0.15, 0.2) is 79.0 Å². The van der Waals surface area contributed by atoms with Crippen LogP contribution in [0.2, 0.25) is 5.02 Å². The molecule has 0 spiro atoms. The molecule has 1 aliphatic carbocycles. The minimum absolute atomic E-state index is 0.0322. The van der Waals surface area contributed by atoms with Crippen LogP contribution in [0, 0.1) is 17.8 Å². The van der Waals surface area contributed by atoms with Crippen molar-refractivity contribution in [3.05, 3.63) is 95.1 Å². The Hall–Kier alpha value is -7.16. The molecule has 5 aliphatic heterocycles. The van der Waals surface area contributed by atoms with E-state index in [1.54, 1.807) is 36.3 Å². The normalized spacial score (nSPS) is 22.7. The van der Waals surface area contributed by atoms with Crippen molar-refractivity contribution in [3.63, 3.8) is 0 Å². The van der Waals surface area contributed by atoms with Crippen molar-refractivity contribution < 1.29 is 43.0 Å². The predicted octanol–water partition coefficient (Wildman–Crippen LogP) is 6.46. The number of para-hydroxylation sites is 1. The number of nitrogens with zero attached hydrogens (tertiary/aromatic N) is 6. The molecule has 5 fully saturated rings. The summed E-state index contributed by atoms with van der Waals surface area (Å²) >= 11 is 7.93. The van der Waals surface area contributed by atoms with Crippen molar-refractivity contribution in [2.24, 2.45) is 17.8 Å². The number of piperazine rings is 1. The van der Waals surface area contributed by atoms with Crippen molar-refractivity contribution in [2.75, 3.05) is 82.9 Å². The fourth-order valence-electron chi connectivity index (χ4n) is 12.5. The summed E-state index contributed by atoms with van der Waals surface area (Å²) in [7, 11) is 1.57. The van der Waals surface area contributed by atoms with Gasteiger partial charge in [0.2, 0.25) is 35.4 Å². The Morgan fingerprint density at radius 2 is 1.54 bits per heavy atom. The van der Waals surface area contributed by atoms with Gasteiger partial charge in [-0.3, -0.25) is 43.8 Å². The minimum Gasteiger partial charge on any atom is -0.477 e. The van der Waals surface area contributed by atoms with E-state index >= 15 is 0 Å². The molecular weight excluding hydrogens is 1060 g/mol. The molecule has 7 amide bonds. The summed E-state index contributed by atoms with van der Waals surface area (Å²) in [6.07, 6.45) is 7.65. The van der Waals surface area contributed by atoms with Crippen LogP contribution < -0.4 is 35.6 Å². The second kappa shape index (κ2) is 23.9. The molecule has 5 aromatic rings. The molecule has 1 unspecified atom stereocenters. The lowest BCUT2D eigenvalue weighted by molar-refractivity contribution is -0.147. The van der Waals surface area contributed by atoms with Crippen LogP contribution in [0.25, 0.3) is 20.8 Å². The molecule has 2 aromatic heterocycles. The van der Waals surface area contributed by atoms with Gasteiger partial charge in [0.15, 0.2) is 12.3 Å². The Kier molecular flexibility index (Phi) is 16.4. The van der Waals surface area contributed by atoms with E-state index in [4.69, 9.17) is 26.1 Å². The topological polar surface area (TPSA) is 225 Å². The maximum atomic E-state index is 14.3. The maximum Gasteiger partial charge on any atom is 0.264 e. The lowest BCUT2D eigenvalue weighted by Gasteiger charge is -2.42. The summed E-state index contributed by atoms with van der Waals surface area (Å²) in [5.41, 5.74) is 2.25. The number of ether oxygens (including phenoxy) is 2. The fraction of sp³-hybridized carbons (Fsp3) is 0.475. The molecule has 80 heavy (non-hydrogen) atoms. The molecule has 19 nitrogen and oxygen atoms in total. The number of pyridine rings is 1. The van der Waals surface area contributed by atoms with Crippen molar-refractivity contribution in [1.82, 2.24) is 40.6 Å². The number of rotatable bonds is 14. The highest BCUT2D eigenvalue weighted by atomic mass is 35.5. The third-order valence-electron chi connectivity index (χ3n) is 17.2. The smallest absolute Gasteiger partial charge is 0.264 e. The monoisotopic (exact) mass is 1130 g/mol. The van der Waals surface area contributed by atoms with Gasteiger partial charge in [-0.05, 0) is 104 Å². The molecule has 4 saturated heterocycles. The largest absolute Gasteiger partial charge is 0.477 e. The second-order valence-electron chi connectivity index (χ2n) is 22.0. The summed E-state index contributed by atoms with van der Waals surface area (Å²) in [5, 5.41) is 12.3. The van der Waals surface area contributed by atoms with E-state index in [0.717, 1.165) is 72.7 Å². The molecule has 3 aromatic carbocycles. The number of fused-ring (bicyclic) bond motifs is 2. The number of carbonyl (C=O) groups excluding carboxylic acids is 7. The quantitative estimate of drug-likeness (QED) is 0.0693. The SMILES string of the molecule is CNC(=O)C1(Oc2ccccc2-c2nc3cccc(Cl)c3s2)CCN(C(=O)[C@H]2CC(=O)Nc3cc(OCNC(=O)C4CCC(C(=O)N5CCN(CC6CCN(c7cc(C8CCC(=O)NC8=O)ccn7)CC6)CC5)CC4)ccc32)CC1. The number of aromatic nitrogens is 2. The third-order valence-corrected chi connectivity index (χ3v) is 18.7. The van der Waals surface area contributed by atoms with Gasteiger partial charge in [-0.1, -0.05) is 35.9 Å². The summed E-state index contributed by atoms with van der Waals surface area (Å²) in [4.78, 5) is 110. The van der Waals surface area contributed by atoms with E-state index in [-0.39, 0.29) is 98.2 Å². The van der Waals surface area contributed by atoms with Crippen molar-refractivity contribution >= 4 is 86.0 Å². The Labute approximate surface area is 473 Å². The zero-order valence-corrected chi connectivity index (χ0v) is 46.5. The zero-order valence-electron chi connectivity index (χ0n) is 44.9. The van der Waals surface area contributed by atoms with Crippen LogP contribution >= 0.6 is 22.9 Å². The summed E-state index contributed by atoms with van der Waals surface area (Å²) in [6.45, 7) is 6.22. The van der Waals surface area contributed by atoms with Crippen LogP contribution in [0.5, 0.6) is 11.5 Å². The van der Waals surface area contributed by atoms with Gasteiger partial charge in [0, 0.05) is 121 Å². The Bertz CT molecular complexity index is 3180. The average molecular weight is 1130 g/mol. The van der Waals surface area contributed by atoms with E-state index in [9.17, 15) is 33.6 Å². The van der Waals surface area contributed by atoms with Crippen LogP contribution in [0.1, 0.15) is 93.6 Å². The number of piperidine rings is 3. The minimum atomic E-state index is -1.27. The maximum absolute atomic E-state index is 14.3. The van der Waals surface area contributed by atoms with E-state index in [0.29, 0.717) is 90.3 Å². The summed E-state index contributed by atoms with van der Waals surface area (Å²) < 4.78 is 13.5. The van der Waals surface area contributed by atoms with Crippen molar-refractivity contribution in [3.8, 4) is 22.1 Å². The number of thiazole rings is 1. The molecule has 0 radical (unpaired) electrons. The lowest BCUT2D eigenvalue weighted by atomic mass is 9.81. The highest BCUT2D eigenvalue weighted by molar-refractivity contribution is 7.22. The molecular formula is C59H67ClN10O9S. The van der Waals surface area contributed by atoms with Crippen LogP contribution in [0.3, 0.4) is 0 Å². The number of amides is 7. The number of benzene rings is 3. The van der Waals surface area contributed by atoms with Gasteiger partial charge in [0.1, 0.15) is 22.3 Å². The average Bonchev–Trinajstić information content (AvgIpc) is 3.95.